The highest BCUT2D eigenvalue weighted by atomic mass is 35.5. The van der Waals surface area contributed by atoms with Gasteiger partial charge in [0, 0.05) is 38.4 Å². The lowest BCUT2D eigenvalue weighted by Gasteiger charge is -2.33. The van der Waals surface area contributed by atoms with Crippen molar-refractivity contribution in [3.63, 3.8) is 0 Å². The third-order valence-electron chi connectivity index (χ3n) is 8.44. The first-order chi connectivity index (χ1) is 24.0. The molecule has 6 heteroatoms. The molecule has 4 nitrogen and oxygen atoms in total. The van der Waals surface area contributed by atoms with Crippen LogP contribution in [0.2, 0.25) is 10.0 Å². The summed E-state index contributed by atoms with van der Waals surface area (Å²) in [5.41, 5.74) is 15.5. The fourth-order valence-corrected chi connectivity index (χ4v) is 6.57. The van der Waals surface area contributed by atoms with E-state index in [1.807, 2.05) is 174 Å². The summed E-state index contributed by atoms with van der Waals surface area (Å²) in [4.78, 5) is 10.9. The summed E-state index contributed by atoms with van der Waals surface area (Å²) in [5, 5.41) is 0.973. The lowest BCUT2D eigenvalue weighted by Crippen LogP contribution is -2.44. The third kappa shape index (κ3) is 6.26. The van der Waals surface area contributed by atoms with Crippen LogP contribution < -0.4 is 5.73 Å². The molecule has 1 aromatic heterocycles. The van der Waals surface area contributed by atoms with E-state index < -0.39 is 5.79 Å². The van der Waals surface area contributed by atoms with E-state index >= 15 is 0 Å². The molecule has 0 aliphatic heterocycles. The molecule has 0 fully saturated rings. The van der Waals surface area contributed by atoms with Gasteiger partial charge in [-0.15, -0.1) is 0 Å². The van der Waals surface area contributed by atoms with Crippen LogP contribution >= 0.6 is 23.2 Å². The maximum absolute atomic E-state index is 7.88. The van der Waals surface area contributed by atoms with E-state index in [0.29, 0.717) is 38.3 Å². The Kier molecular flexibility index (Phi) is 9.10. The van der Waals surface area contributed by atoms with Crippen LogP contribution in [0.5, 0.6) is 0 Å². The molecule has 7 rings (SSSR count). The number of rotatable bonds is 9. The summed E-state index contributed by atoms with van der Waals surface area (Å²) in [6.07, 6.45) is 0. The average Bonchev–Trinajstić information content (AvgIpc) is 3.57. The Balaban J connectivity index is 1.66. The van der Waals surface area contributed by atoms with Gasteiger partial charge in [-0.2, -0.15) is 0 Å². The molecule has 0 saturated heterocycles. The summed E-state index contributed by atoms with van der Waals surface area (Å²) in [6, 6.07) is 55.3. The molecule has 0 radical (unpaired) electrons. The van der Waals surface area contributed by atoms with Gasteiger partial charge in [-0.1, -0.05) is 181 Å². The number of imidazole rings is 1. The molecule has 0 aliphatic carbocycles. The molecule has 238 valence electrons. The molecular weight excluding hydrogens is 643 g/mol. The number of hydrogen-bond donors (Lipinski definition) is 1. The van der Waals surface area contributed by atoms with Gasteiger partial charge in [0.2, 0.25) is 5.79 Å². The van der Waals surface area contributed by atoms with Gasteiger partial charge in [0.1, 0.15) is 5.82 Å². The minimum absolute atomic E-state index is 0.450. The first-order valence-corrected chi connectivity index (χ1v) is 16.6. The SMILES string of the molecule is C=C(/C(=N\C(N)(c1ccccc1Cl)n1c(-c2ccccc2Cl)nc(-c2ccccc2)c1-c1ccccc1)c1ccccc1)c1ccccc1. The summed E-state index contributed by atoms with van der Waals surface area (Å²) >= 11 is 14.1. The predicted octanol–water partition coefficient (Wildman–Crippen LogP) is 11.0. The smallest absolute Gasteiger partial charge is 0.219 e. The summed E-state index contributed by atoms with van der Waals surface area (Å²) in [7, 11) is 0. The Morgan fingerprint density at radius 3 is 1.67 bits per heavy atom. The van der Waals surface area contributed by atoms with Gasteiger partial charge >= 0.3 is 0 Å². The highest BCUT2D eigenvalue weighted by Crippen LogP contribution is 2.44. The number of hydrogen-bond acceptors (Lipinski definition) is 3. The first kappa shape index (κ1) is 32.0. The number of nitrogens with zero attached hydrogens (tertiary/aromatic N) is 3. The molecule has 1 unspecified atom stereocenters. The second kappa shape index (κ2) is 13.9. The zero-order valence-electron chi connectivity index (χ0n) is 26.5. The van der Waals surface area contributed by atoms with Crippen LogP contribution in [-0.4, -0.2) is 15.3 Å². The van der Waals surface area contributed by atoms with Gasteiger partial charge in [0.15, 0.2) is 0 Å². The minimum Gasteiger partial charge on any atom is -0.285 e. The molecule has 0 amide bonds. The summed E-state index contributed by atoms with van der Waals surface area (Å²) in [6.45, 7) is 4.56. The Labute approximate surface area is 296 Å². The molecule has 0 saturated carbocycles. The number of halogens is 2. The van der Waals surface area contributed by atoms with Gasteiger partial charge in [0.05, 0.1) is 22.1 Å². The quantitative estimate of drug-likeness (QED) is 0.155. The number of allylic oxidation sites excluding steroid dienone is 1. The maximum atomic E-state index is 7.88. The molecule has 49 heavy (non-hydrogen) atoms. The standard InChI is InChI=1S/C43H32Cl2N4/c1-30(31-18-6-2-7-19-31)39(32-20-8-3-9-21-32)48-43(46,36-27-15-17-29-38(36)45)49-41(34-24-12-5-13-25-34)40(33-22-10-4-11-23-33)47-42(49)35-26-14-16-28-37(35)44/h2-29H,1,46H2/b48-39+. The van der Waals surface area contributed by atoms with Crippen molar-refractivity contribution in [1.29, 1.82) is 0 Å². The fraction of sp³-hybridized carbons (Fsp3) is 0.0233. The Bertz CT molecular complexity index is 2260. The van der Waals surface area contributed by atoms with E-state index in [1.165, 1.54) is 0 Å². The van der Waals surface area contributed by atoms with Gasteiger partial charge in [-0.05, 0) is 23.8 Å². The topological polar surface area (TPSA) is 56.2 Å². The highest BCUT2D eigenvalue weighted by Gasteiger charge is 2.39. The van der Waals surface area contributed by atoms with E-state index in [4.69, 9.17) is 38.9 Å². The number of aromatic nitrogens is 2. The van der Waals surface area contributed by atoms with E-state index in [2.05, 4.69) is 6.58 Å². The number of benzene rings is 6. The van der Waals surface area contributed by atoms with Crippen molar-refractivity contribution in [3.05, 3.63) is 203 Å². The largest absolute Gasteiger partial charge is 0.285 e. The van der Waals surface area contributed by atoms with Crippen molar-refractivity contribution in [2.45, 2.75) is 5.79 Å². The van der Waals surface area contributed by atoms with Gasteiger partial charge in [-0.25, -0.2) is 9.98 Å². The van der Waals surface area contributed by atoms with Crippen LogP contribution in [-0.2, 0) is 5.79 Å². The molecule has 2 N–H and O–H groups in total. The van der Waals surface area contributed by atoms with Crippen molar-refractivity contribution < 1.29 is 0 Å². The molecule has 0 aliphatic rings. The third-order valence-corrected chi connectivity index (χ3v) is 9.09. The zero-order chi connectivity index (χ0) is 33.8. The van der Waals surface area contributed by atoms with Crippen molar-refractivity contribution >= 4 is 34.5 Å². The lowest BCUT2D eigenvalue weighted by atomic mass is 9.96. The molecule has 0 spiro atoms. The Morgan fingerprint density at radius 2 is 1.08 bits per heavy atom. The zero-order valence-corrected chi connectivity index (χ0v) is 28.1. The molecule has 6 aromatic carbocycles. The van der Waals surface area contributed by atoms with Crippen LogP contribution in [0.3, 0.4) is 0 Å². The average molecular weight is 676 g/mol. The van der Waals surface area contributed by atoms with Crippen LogP contribution in [0.15, 0.2) is 181 Å². The van der Waals surface area contributed by atoms with Crippen molar-refractivity contribution in [3.8, 4) is 33.9 Å². The number of aliphatic imine (C=N–C) groups is 1. The summed E-state index contributed by atoms with van der Waals surface area (Å²) in [5.74, 6) is -1.13. The minimum atomic E-state index is -1.67. The van der Waals surface area contributed by atoms with Crippen LogP contribution in [0.25, 0.3) is 39.5 Å². The predicted molar refractivity (Wildman–Crippen MR) is 205 cm³/mol. The van der Waals surface area contributed by atoms with E-state index in [0.717, 1.165) is 33.6 Å². The fourth-order valence-electron chi connectivity index (χ4n) is 6.07. The second-order valence-corrected chi connectivity index (χ2v) is 12.4. The first-order valence-electron chi connectivity index (χ1n) is 15.9. The molecular formula is C43H32Cl2N4. The molecule has 1 atom stereocenters. The normalized spacial score (nSPS) is 12.8. The van der Waals surface area contributed by atoms with Gasteiger partial charge in [-0.3, -0.25) is 10.3 Å². The Hall–Kier alpha value is -5.52. The number of nitrogens with two attached hydrogens (primary N) is 1. The van der Waals surface area contributed by atoms with Gasteiger partial charge in [0.25, 0.3) is 0 Å². The van der Waals surface area contributed by atoms with Crippen molar-refractivity contribution in [2.24, 2.45) is 10.7 Å². The van der Waals surface area contributed by atoms with Crippen molar-refractivity contribution in [1.82, 2.24) is 9.55 Å². The Morgan fingerprint density at radius 1 is 0.592 bits per heavy atom. The maximum Gasteiger partial charge on any atom is 0.219 e. The molecule has 7 aromatic rings. The van der Waals surface area contributed by atoms with Crippen molar-refractivity contribution in [2.75, 3.05) is 0 Å². The van der Waals surface area contributed by atoms with Crippen LogP contribution in [0, 0.1) is 0 Å². The van der Waals surface area contributed by atoms with Crippen LogP contribution in [0.4, 0.5) is 0 Å². The van der Waals surface area contributed by atoms with Gasteiger partial charge < -0.3 is 0 Å². The highest BCUT2D eigenvalue weighted by molar-refractivity contribution is 6.33. The monoisotopic (exact) mass is 674 g/mol. The van der Waals surface area contributed by atoms with E-state index in [1.54, 1.807) is 0 Å². The molecule has 1 heterocycles. The molecule has 0 bridgehead atoms. The second-order valence-electron chi connectivity index (χ2n) is 11.6. The summed E-state index contributed by atoms with van der Waals surface area (Å²) < 4.78 is 1.98. The van der Waals surface area contributed by atoms with Crippen LogP contribution in [0.1, 0.15) is 16.7 Å². The van der Waals surface area contributed by atoms with E-state index in [-0.39, 0.29) is 0 Å². The lowest BCUT2D eigenvalue weighted by molar-refractivity contribution is 0.397. The van der Waals surface area contributed by atoms with E-state index in [9.17, 15) is 0 Å².